The Hall–Kier alpha value is -2.17. The van der Waals surface area contributed by atoms with Gasteiger partial charge in [-0.25, -0.2) is 0 Å². The average molecular weight is 338 g/mol. The van der Waals surface area contributed by atoms with Crippen molar-refractivity contribution in [3.63, 3.8) is 0 Å². The van der Waals surface area contributed by atoms with Gasteiger partial charge in [-0.1, -0.05) is 48.5 Å². The zero-order valence-corrected chi connectivity index (χ0v) is 14.7. The van der Waals surface area contributed by atoms with Gasteiger partial charge in [0.2, 0.25) is 0 Å². The second kappa shape index (κ2) is 7.81. The summed E-state index contributed by atoms with van der Waals surface area (Å²) in [5, 5.41) is 9.68. The third-order valence-electron chi connectivity index (χ3n) is 5.16. The molecule has 4 nitrogen and oxygen atoms in total. The SMILES string of the molecule is Cc1ccccc1[C@@H]1CN(Cc2ccc(CCN)cc2)C[C@H]1C(=O)O. The molecule has 2 aromatic carbocycles. The third kappa shape index (κ3) is 4.09. The van der Waals surface area contributed by atoms with Crippen molar-refractivity contribution >= 4 is 5.97 Å². The fourth-order valence-corrected chi connectivity index (χ4v) is 3.82. The molecule has 1 heterocycles. The normalized spacial score (nSPS) is 20.7. The Morgan fingerprint density at radius 1 is 1.12 bits per heavy atom. The smallest absolute Gasteiger partial charge is 0.308 e. The van der Waals surface area contributed by atoms with Gasteiger partial charge in [0.25, 0.3) is 0 Å². The molecule has 2 aromatic rings. The van der Waals surface area contributed by atoms with Crippen LogP contribution in [0.1, 0.15) is 28.2 Å². The summed E-state index contributed by atoms with van der Waals surface area (Å²) < 4.78 is 0. The van der Waals surface area contributed by atoms with Gasteiger partial charge in [-0.05, 0) is 42.1 Å². The molecule has 25 heavy (non-hydrogen) atoms. The summed E-state index contributed by atoms with van der Waals surface area (Å²) in [7, 11) is 0. The minimum atomic E-state index is -0.700. The lowest BCUT2D eigenvalue weighted by atomic mass is 9.86. The number of aliphatic carboxylic acids is 1. The highest BCUT2D eigenvalue weighted by Gasteiger charge is 2.38. The van der Waals surface area contributed by atoms with Crippen molar-refractivity contribution in [1.29, 1.82) is 0 Å². The molecular weight excluding hydrogens is 312 g/mol. The highest BCUT2D eigenvalue weighted by molar-refractivity contribution is 5.72. The lowest BCUT2D eigenvalue weighted by Gasteiger charge is -2.18. The highest BCUT2D eigenvalue weighted by Crippen LogP contribution is 2.35. The summed E-state index contributed by atoms with van der Waals surface area (Å²) in [6, 6.07) is 16.6. The summed E-state index contributed by atoms with van der Waals surface area (Å²) in [5.74, 6) is -0.998. The zero-order chi connectivity index (χ0) is 17.8. The van der Waals surface area contributed by atoms with Gasteiger partial charge < -0.3 is 10.8 Å². The topological polar surface area (TPSA) is 66.6 Å². The second-order valence-electron chi connectivity index (χ2n) is 6.96. The Kier molecular flexibility index (Phi) is 5.51. The van der Waals surface area contributed by atoms with E-state index >= 15 is 0 Å². The van der Waals surface area contributed by atoms with Gasteiger partial charge in [0.15, 0.2) is 0 Å². The molecule has 0 aromatic heterocycles. The van der Waals surface area contributed by atoms with Crippen LogP contribution >= 0.6 is 0 Å². The summed E-state index contributed by atoms with van der Waals surface area (Å²) in [6.07, 6.45) is 0.889. The van der Waals surface area contributed by atoms with Crippen LogP contribution in [0.4, 0.5) is 0 Å². The largest absolute Gasteiger partial charge is 0.481 e. The minimum absolute atomic E-state index is 0.0511. The first-order chi connectivity index (χ1) is 12.1. The van der Waals surface area contributed by atoms with E-state index in [0.717, 1.165) is 25.1 Å². The maximum absolute atomic E-state index is 11.8. The Morgan fingerprint density at radius 2 is 1.80 bits per heavy atom. The highest BCUT2D eigenvalue weighted by atomic mass is 16.4. The lowest BCUT2D eigenvalue weighted by molar-refractivity contribution is -0.141. The molecule has 0 spiro atoms. The molecule has 0 amide bonds. The summed E-state index contributed by atoms with van der Waals surface area (Å²) in [6.45, 7) is 4.89. The number of nitrogens with two attached hydrogens (primary N) is 1. The molecule has 3 rings (SSSR count). The van der Waals surface area contributed by atoms with Gasteiger partial charge >= 0.3 is 5.97 Å². The van der Waals surface area contributed by atoms with E-state index in [1.165, 1.54) is 16.7 Å². The molecule has 132 valence electrons. The molecule has 0 saturated carbocycles. The lowest BCUT2D eigenvalue weighted by Crippen LogP contribution is -2.23. The number of hydrogen-bond acceptors (Lipinski definition) is 3. The van der Waals surface area contributed by atoms with Crippen molar-refractivity contribution in [1.82, 2.24) is 4.90 Å². The Morgan fingerprint density at radius 3 is 2.44 bits per heavy atom. The van der Waals surface area contributed by atoms with Gasteiger partial charge in [-0.2, -0.15) is 0 Å². The van der Waals surface area contributed by atoms with E-state index in [9.17, 15) is 9.90 Å². The van der Waals surface area contributed by atoms with Gasteiger partial charge in [0.05, 0.1) is 5.92 Å². The quantitative estimate of drug-likeness (QED) is 0.850. The van der Waals surface area contributed by atoms with E-state index in [1.54, 1.807) is 0 Å². The first-order valence-electron chi connectivity index (χ1n) is 8.87. The molecule has 1 aliphatic rings. The Bertz CT molecular complexity index is 727. The van der Waals surface area contributed by atoms with E-state index in [1.807, 2.05) is 12.1 Å². The molecule has 1 saturated heterocycles. The number of carbonyl (C=O) groups is 1. The molecule has 0 unspecified atom stereocenters. The van der Waals surface area contributed by atoms with Crippen LogP contribution in [0.25, 0.3) is 0 Å². The molecule has 0 bridgehead atoms. The van der Waals surface area contributed by atoms with Gasteiger partial charge in [-0.3, -0.25) is 9.69 Å². The number of rotatable bonds is 6. The molecule has 0 aliphatic carbocycles. The monoisotopic (exact) mass is 338 g/mol. The van der Waals surface area contributed by atoms with Crippen molar-refractivity contribution in [3.05, 3.63) is 70.8 Å². The maximum atomic E-state index is 11.8. The van der Waals surface area contributed by atoms with Gasteiger partial charge in [-0.15, -0.1) is 0 Å². The van der Waals surface area contributed by atoms with Crippen molar-refractivity contribution < 1.29 is 9.90 Å². The fraction of sp³-hybridized carbons (Fsp3) is 0.381. The van der Waals surface area contributed by atoms with Crippen LogP contribution < -0.4 is 5.73 Å². The first-order valence-corrected chi connectivity index (χ1v) is 8.87. The third-order valence-corrected chi connectivity index (χ3v) is 5.16. The van der Waals surface area contributed by atoms with Crippen LogP contribution in [-0.4, -0.2) is 35.6 Å². The van der Waals surface area contributed by atoms with Crippen LogP contribution in [0.5, 0.6) is 0 Å². The van der Waals surface area contributed by atoms with E-state index < -0.39 is 5.97 Å². The number of hydrogen-bond donors (Lipinski definition) is 2. The Labute approximate surface area is 149 Å². The molecule has 0 radical (unpaired) electrons. The average Bonchev–Trinajstić information content (AvgIpc) is 3.01. The van der Waals surface area contributed by atoms with Crippen LogP contribution in [0.15, 0.2) is 48.5 Å². The minimum Gasteiger partial charge on any atom is -0.481 e. The van der Waals surface area contributed by atoms with Crippen LogP contribution in [0.3, 0.4) is 0 Å². The standard InChI is InChI=1S/C21H26N2O2/c1-15-4-2-3-5-18(15)19-13-23(14-20(19)21(24)25)12-17-8-6-16(7-9-17)10-11-22/h2-9,19-20H,10-14,22H2,1H3,(H,24,25)/t19-,20+/m0/s1. The maximum Gasteiger partial charge on any atom is 0.308 e. The molecule has 2 atom stereocenters. The fourth-order valence-electron chi connectivity index (χ4n) is 3.82. The summed E-state index contributed by atoms with van der Waals surface area (Å²) >= 11 is 0. The van der Waals surface area contributed by atoms with Crippen molar-refractivity contribution in [2.45, 2.75) is 25.8 Å². The van der Waals surface area contributed by atoms with Crippen LogP contribution in [0, 0.1) is 12.8 Å². The zero-order valence-electron chi connectivity index (χ0n) is 14.7. The number of carboxylic acid groups (broad SMARTS) is 1. The second-order valence-corrected chi connectivity index (χ2v) is 6.96. The van der Waals surface area contributed by atoms with Crippen LogP contribution in [0.2, 0.25) is 0 Å². The summed E-state index contributed by atoms with van der Waals surface area (Å²) in [5.41, 5.74) is 10.4. The number of nitrogens with zero attached hydrogens (tertiary/aromatic N) is 1. The van der Waals surface area contributed by atoms with Crippen LogP contribution in [-0.2, 0) is 17.8 Å². The predicted molar refractivity (Wildman–Crippen MR) is 99.5 cm³/mol. The van der Waals surface area contributed by atoms with Gasteiger partial charge in [0.1, 0.15) is 0 Å². The van der Waals surface area contributed by atoms with E-state index in [0.29, 0.717) is 13.1 Å². The number of carboxylic acids is 1. The molecule has 1 fully saturated rings. The van der Waals surface area contributed by atoms with E-state index in [-0.39, 0.29) is 11.8 Å². The first kappa shape index (κ1) is 17.6. The number of benzene rings is 2. The summed E-state index contributed by atoms with van der Waals surface area (Å²) in [4.78, 5) is 14.0. The number of likely N-dealkylation sites (tertiary alicyclic amines) is 1. The molecular formula is C21H26N2O2. The van der Waals surface area contributed by atoms with Crippen molar-refractivity contribution in [3.8, 4) is 0 Å². The molecule has 3 N–H and O–H groups in total. The Balaban J connectivity index is 1.74. The van der Waals surface area contributed by atoms with Crippen molar-refractivity contribution in [2.75, 3.05) is 19.6 Å². The van der Waals surface area contributed by atoms with E-state index in [2.05, 4.69) is 48.2 Å². The van der Waals surface area contributed by atoms with E-state index in [4.69, 9.17) is 5.73 Å². The predicted octanol–water partition coefficient (Wildman–Crippen LogP) is 2.80. The molecule has 4 heteroatoms. The molecule has 1 aliphatic heterocycles. The van der Waals surface area contributed by atoms with Crippen molar-refractivity contribution in [2.24, 2.45) is 11.7 Å². The van der Waals surface area contributed by atoms with Gasteiger partial charge in [0, 0.05) is 25.6 Å². The number of aryl methyl sites for hydroxylation is 1.